The third-order valence-corrected chi connectivity index (χ3v) is 5.35. The number of benzene rings is 2. The first-order chi connectivity index (χ1) is 15.0. The van der Waals surface area contributed by atoms with Crippen LogP contribution in [0, 0.1) is 0 Å². The van der Waals surface area contributed by atoms with E-state index in [1.165, 1.54) is 23.0 Å². The second-order valence-electron chi connectivity index (χ2n) is 6.62. The fourth-order valence-electron chi connectivity index (χ4n) is 2.74. The van der Waals surface area contributed by atoms with Crippen LogP contribution in [-0.2, 0) is 21.9 Å². The quantitative estimate of drug-likeness (QED) is 0.418. The van der Waals surface area contributed by atoms with E-state index in [2.05, 4.69) is 14.6 Å². The summed E-state index contributed by atoms with van der Waals surface area (Å²) in [6, 6.07) is 13.9. The van der Waals surface area contributed by atoms with Crippen LogP contribution in [0.5, 0.6) is 5.75 Å². The molecule has 1 aromatic heterocycles. The summed E-state index contributed by atoms with van der Waals surface area (Å²) in [5.41, 5.74) is -3.86. The summed E-state index contributed by atoms with van der Waals surface area (Å²) < 4.78 is 70.5. The highest BCUT2D eigenvalue weighted by Gasteiger charge is 2.48. The van der Waals surface area contributed by atoms with Gasteiger partial charge in [0.25, 0.3) is 0 Å². The minimum atomic E-state index is -5.77. The van der Waals surface area contributed by atoms with E-state index in [9.17, 15) is 26.4 Å². The zero-order valence-corrected chi connectivity index (χ0v) is 17.6. The van der Waals surface area contributed by atoms with Gasteiger partial charge in [-0.05, 0) is 30.2 Å². The van der Waals surface area contributed by atoms with Crippen LogP contribution in [0.25, 0.3) is 11.1 Å². The van der Waals surface area contributed by atoms with Crippen molar-refractivity contribution in [2.24, 2.45) is 7.05 Å². The summed E-state index contributed by atoms with van der Waals surface area (Å²) in [4.78, 5) is 12.4. The van der Waals surface area contributed by atoms with Gasteiger partial charge in [0.2, 0.25) is 0 Å². The number of amides is 1. The minimum Gasteiger partial charge on any atom is -0.441 e. The van der Waals surface area contributed by atoms with Crippen LogP contribution in [0.15, 0.2) is 60.8 Å². The van der Waals surface area contributed by atoms with Crippen molar-refractivity contribution in [3.8, 4) is 16.9 Å². The summed E-state index contributed by atoms with van der Waals surface area (Å²) in [6.45, 7) is 1.72. The van der Waals surface area contributed by atoms with Gasteiger partial charge in [-0.1, -0.05) is 42.5 Å². The highest BCUT2D eigenvalue weighted by Crippen LogP contribution is 2.31. The summed E-state index contributed by atoms with van der Waals surface area (Å²) in [6.07, 6.45) is 0.181. The number of hydrogen-bond donors (Lipinski definition) is 1. The molecule has 3 aromatic rings. The number of nitrogens with one attached hydrogen (secondary N) is 1. The maximum Gasteiger partial charge on any atom is 0.534 e. The molecule has 170 valence electrons. The van der Waals surface area contributed by atoms with Crippen LogP contribution in [0.3, 0.4) is 0 Å². The Morgan fingerprint density at radius 3 is 2.31 bits per heavy atom. The lowest BCUT2D eigenvalue weighted by Gasteiger charge is -2.15. The number of rotatable bonds is 6. The smallest absolute Gasteiger partial charge is 0.441 e. The fraction of sp³-hybridized carbons (Fsp3) is 0.200. The molecular weight excluding hydrogens is 451 g/mol. The number of nitrogens with zero attached hydrogens (tertiary/aromatic N) is 2. The van der Waals surface area contributed by atoms with Gasteiger partial charge in [0, 0.05) is 12.6 Å². The van der Waals surface area contributed by atoms with Crippen molar-refractivity contribution < 1.29 is 35.3 Å². The lowest BCUT2D eigenvalue weighted by Crippen LogP contribution is -2.28. The van der Waals surface area contributed by atoms with Crippen molar-refractivity contribution in [3.05, 3.63) is 66.4 Å². The average Bonchev–Trinajstić information content (AvgIpc) is 3.08. The van der Waals surface area contributed by atoms with Crippen LogP contribution in [0.1, 0.15) is 18.6 Å². The van der Waals surface area contributed by atoms with Crippen LogP contribution in [0.4, 0.5) is 23.8 Å². The molecule has 0 unspecified atom stereocenters. The summed E-state index contributed by atoms with van der Waals surface area (Å²) >= 11 is 0. The lowest BCUT2D eigenvalue weighted by molar-refractivity contribution is -0.0500. The van der Waals surface area contributed by atoms with Crippen LogP contribution < -0.4 is 9.50 Å². The predicted octanol–water partition coefficient (Wildman–Crippen LogP) is 4.63. The highest BCUT2D eigenvalue weighted by molar-refractivity contribution is 7.88. The fourth-order valence-corrected chi connectivity index (χ4v) is 3.20. The lowest BCUT2D eigenvalue weighted by atomic mass is 10.1. The van der Waals surface area contributed by atoms with E-state index in [0.29, 0.717) is 11.1 Å². The van der Waals surface area contributed by atoms with Gasteiger partial charge < -0.3 is 8.92 Å². The van der Waals surface area contributed by atoms with Gasteiger partial charge in [0.05, 0.1) is 6.20 Å². The SMILES string of the molecule is C[C@@H](OC(=O)Nc1c(-c2ccc(OS(=O)(=O)C(F)(F)F)cc2)cnn1C)c1ccccc1. The first-order valence-corrected chi connectivity index (χ1v) is 10.5. The second-order valence-corrected chi connectivity index (χ2v) is 8.16. The number of ether oxygens (including phenoxy) is 1. The van der Waals surface area contributed by atoms with E-state index < -0.39 is 33.6 Å². The van der Waals surface area contributed by atoms with E-state index in [0.717, 1.165) is 17.7 Å². The third kappa shape index (κ3) is 5.19. The molecule has 1 N–H and O–H groups in total. The molecule has 3 rings (SSSR count). The van der Waals surface area contributed by atoms with Gasteiger partial charge in [-0.25, -0.2) is 4.79 Å². The zero-order chi connectivity index (χ0) is 23.5. The van der Waals surface area contributed by atoms with Crippen molar-refractivity contribution in [3.63, 3.8) is 0 Å². The number of aromatic nitrogens is 2. The number of carbonyl (C=O) groups is 1. The third-order valence-electron chi connectivity index (χ3n) is 4.37. The van der Waals surface area contributed by atoms with Crippen molar-refractivity contribution in [1.82, 2.24) is 9.78 Å². The number of alkyl halides is 3. The monoisotopic (exact) mass is 469 g/mol. The molecular formula is C20H18F3N3O5S. The van der Waals surface area contributed by atoms with Gasteiger partial charge in [-0.3, -0.25) is 10.00 Å². The van der Waals surface area contributed by atoms with Gasteiger partial charge in [-0.2, -0.15) is 26.7 Å². The topological polar surface area (TPSA) is 99.5 Å². The van der Waals surface area contributed by atoms with Crippen molar-refractivity contribution in [2.75, 3.05) is 5.32 Å². The van der Waals surface area contributed by atoms with Crippen LogP contribution in [0.2, 0.25) is 0 Å². The Bertz CT molecular complexity index is 1190. The van der Waals surface area contributed by atoms with Gasteiger partial charge in [-0.15, -0.1) is 0 Å². The predicted molar refractivity (Wildman–Crippen MR) is 109 cm³/mol. The van der Waals surface area contributed by atoms with Crippen LogP contribution >= 0.6 is 0 Å². The average molecular weight is 469 g/mol. The molecule has 0 fully saturated rings. The Morgan fingerprint density at radius 2 is 1.72 bits per heavy atom. The maximum absolute atomic E-state index is 12.5. The van der Waals surface area contributed by atoms with Crippen LogP contribution in [-0.4, -0.2) is 29.8 Å². The van der Waals surface area contributed by atoms with Gasteiger partial charge in [0.1, 0.15) is 17.7 Å². The molecule has 0 spiro atoms. The second kappa shape index (κ2) is 8.91. The molecule has 0 saturated heterocycles. The number of halogens is 3. The van der Waals surface area contributed by atoms with E-state index in [1.54, 1.807) is 14.0 Å². The van der Waals surface area contributed by atoms with E-state index in [-0.39, 0.29) is 5.82 Å². The first kappa shape index (κ1) is 23.1. The maximum atomic E-state index is 12.5. The Hall–Kier alpha value is -3.54. The Balaban J connectivity index is 1.75. The molecule has 0 radical (unpaired) electrons. The largest absolute Gasteiger partial charge is 0.534 e. The van der Waals surface area contributed by atoms with Crippen molar-refractivity contribution >= 4 is 22.0 Å². The Kier molecular flexibility index (Phi) is 6.44. The summed E-state index contributed by atoms with van der Waals surface area (Å²) in [5, 5.41) is 6.66. The molecule has 12 heteroatoms. The zero-order valence-electron chi connectivity index (χ0n) is 16.8. The number of aryl methyl sites for hydroxylation is 1. The Labute approximate surface area is 181 Å². The molecule has 1 heterocycles. The molecule has 0 aliphatic heterocycles. The molecule has 8 nitrogen and oxygen atoms in total. The molecule has 32 heavy (non-hydrogen) atoms. The van der Waals surface area contributed by atoms with E-state index in [1.807, 2.05) is 30.3 Å². The van der Waals surface area contributed by atoms with Crippen molar-refractivity contribution in [1.29, 1.82) is 0 Å². The standard InChI is InChI=1S/C20H18F3N3O5S/c1-13(14-6-4-3-5-7-14)30-19(27)25-18-17(12-24-26(18)2)15-8-10-16(11-9-15)31-32(28,29)20(21,22)23/h3-13H,1-2H3,(H,25,27)/t13-/m1/s1. The molecule has 0 saturated carbocycles. The molecule has 0 bridgehead atoms. The number of carbonyl (C=O) groups excluding carboxylic acids is 1. The van der Waals surface area contributed by atoms with Gasteiger partial charge in [0.15, 0.2) is 0 Å². The highest BCUT2D eigenvalue weighted by atomic mass is 32.2. The van der Waals surface area contributed by atoms with E-state index in [4.69, 9.17) is 4.74 Å². The van der Waals surface area contributed by atoms with E-state index >= 15 is 0 Å². The summed E-state index contributed by atoms with van der Waals surface area (Å²) in [7, 11) is -4.20. The molecule has 0 aliphatic rings. The number of hydrogen-bond acceptors (Lipinski definition) is 6. The molecule has 0 aliphatic carbocycles. The molecule has 2 aromatic carbocycles. The molecule has 1 amide bonds. The normalized spacial score (nSPS) is 12.8. The first-order valence-electron chi connectivity index (χ1n) is 9.13. The van der Waals surface area contributed by atoms with Gasteiger partial charge >= 0.3 is 21.7 Å². The number of anilines is 1. The molecule has 1 atom stereocenters. The van der Waals surface area contributed by atoms with Crippen molar-refractivity contribution in [2.45, 2.75) is 18.5 Å². The minimum absolute atomic E-state index is 0.270. The summed E-state index contributed by atoms with van der Waals surface area (Å²) in [5.74, 6) is -0.243. The Morgan fingerprint density at radius 1 is 1.09 bits per heavy atom.